The maximum absolute atomic E-state index is 13.0. The van der Waals surface area contributed by atoms with Crippen molar-refractivity contribution >= 4 is 17.7 Å². The lowest BCUT2D eigenvalue weighted by atomic mass is 9.53. The van der Waals surface area contributed by atoms with Crippen LogP contribution >= 0.6 is 0 Å². The summed E-state index contributed by atoms with van der Waals surface area (Å²) in [6.45, 7) is 19.1. The molecule has 2 aliphatic heterocycles. The van der Waals surface area contributed by atoms with Gasteiger partial charge in [-0.05, 0) is 111 Å². The van der Waals surface area contributed by atoms with Gasteiger partial charge < -0.3 is 24.1 Å². The Labute approximate surface area is 252 Å². The van der Waals surface area contributed by atoms with Crippen LogP contribution in [-0.4, -0.2) is 63.5 Å². The van der Waals surface area contributed by atoms with Crippen LogP contribution in [0.15, 0.2) is 0 Å². The molecule has 240 valence electrons. The molecule has 0 aromatic heterocycles. The second-order valence-corrected chi connectivity index (χ2v) is 15.9. The first-order valence-corrected chi connectivity index (χ1v) is 16.1. The highest BCUT2D eigenvalue weighted by Gasteiger charge is 2.61. The summed E-state index contributed by atoms with van der Waals surface area (Å²) in [7, 11) is 0. The lowest BCUT2D eigenvalue weighted by Crippen LogP contribution is -2.59. The third kappa shape index (κ3) is 6.06. The van der Waals surface area contributed by atoms with Gasteiger partial charge in [-0.15, -0.1) is 0 Å². The van der Waals surface area contributed by atoms with E-state index in [2.05, 4.69) is 13.8 Å². The van der Waals surface area contributed by atoms with Crippen LogP contribution in [0, 0.1) is 22.7 Å². The van der Waals surface area contributed by atoms with E-state index in [1.54, 1.807) is 0 Å². The number of aliphatic hydroxyl groups is 1. The Balaban J connectivity index is 1.68. The Morgan fingerprint density at radius 2 is 1.36 bits per heavy atom. The SMILES string of the molecule is CC(=O)O[C@H]1CC[C@]2(C)[C@H](CC[C@@](C)(O)[C@H]2CC[C@H]2[C@]3(C)CCC(=O)C(C)(C)O[C@H]3CC[C@]2(C)OC(C)=O)OC1(C)C. The number of fused-ring (bicyclic) bond motifs is 2. The third-order valence-corrected chi connectivity index (χ3v) is 12.0. The molecule has 0 aromatic rings. The van der Waals surface area contributed by atoms with Gasteiger partial charge in [0.05, 0.1) is 23.4 Å². The summed E-state index contributed by atoms with van der Waals surface area (Å²) in [4.78, 5) is 37.4. The lowest BCUT2D eigenvalue weighted by molar-refractivity contribution is -0.222. The second kappa shape index (κ2) is 11.1. The molecule has 42 heavy (non-hydrogen) atoms. The fourth-order valence-corrected chi connectivity index (χ4v) is 9.56. The number of esters is 2. The Kier molecular flexibility index (Phi) is 8.85. The molecule has 2 heterocycles. The Hall–Kier alpha value is -1.51. The van der Waals surface area contributed by atoms with Gasteiger partial charge in [-0.25, -0.2) is 0 Å². The molecule has 0 radical (unpaired) electrons. The minimum atomic E-state index is -0.912. The molecule has 2 saturated carbocycles. The van der Waals surface area contributed by atoms with Crippen LogP contribution in [0.2, 0.25) is 0 Å². The van der Waals surface area contributed by atoms with Crippen LogP contribution in [0.4, 0.5) is 0 Å². The number of hydrogen-bond acceptors (Lipinski definition) is 8. The van der Waals surface area contributed by atoms with Crippen molar-refractivity contribution in [2.24, 2.45) is 22.7 Å². The molecule has 4 fully saturated rings. The van der Waals surface area contributed by atoms with E-state index in [1.165, 1.54) is 13.8 Å². The standard InChI is InChI=1S/C34H56O8/c1-21(35)39-26-14-18-31(7)23(33(9,38)19-15-27(31)42-30(26,5)6)11-12-24-32(8)17-13-25(37)29(3,4)41-28(32)16-20-34(24,10)40-22(2)36/h23-24,26-28,38H,11-20H2,1-10H3/t23-,24-,26-,27-,28-,31-,32-,33+,34-/m0/s1. The molecule has 0 spiro atoms. The molecule has 2 saturated heterocycles. The number of ketones is 1. The van der Waals surface area contributed by atoms with Gasteiger partial charge in [0.15, 0.2) is 5.78 Å². The van der Waals surface area contributed by atoms with Crippen molar-refractivity contribution in [1.29, 1.82) is 0 Å². The van der Waals surface area contributed by atoms with E-state index >= 15 is 0 Å². The highest BCUT2D eigenvalue weighted by Crippen LogP contribution is 2.59. The summed E-state index contributed by atoms with van der Waals surface area (Å²) in [5, 5.41) is 11.9. The van der Waals surface area contributed by atoms with E-state index in [0.29, 0.717) is 44.9 Å². The molecule has 4 aliphatic rings. The van der Waals surface area contributed by atoms with Gasteiger partial charge in [-0.3, -0.25) is 14.4 Å². The van der Waals surface area contributed by atoms with E-state index in [1.807, 2.05) is 41.5 Å². The molecule has 8 nitrogen and oxygen atoms in total. The van der Waals surface area contributed by atoms with Gasteiger partial charge >= 0.3 is 11.9 Å². The average Bonchev–Trinajstić information content (AvgIpc) is 2.99. The van der Waals surface area contributed by atoms with Gasteiger partial charge in [-0.2, -0.15) is 0 Å². The second-order valence-electron chi connectivity index (χ2n) is 15.9. The molecule has 9 atom stereocenters. The Bertz CT molecular complexity index is 1060. The topological polar surface area (TPSA) is 108 Å². The van der Waals surface area contributed by atoms with Gasteiger partial charge in [0.25, 0.3) is 0 Å². The van der Waals surface area contributed by atoms with Crippen LogP contribution in [0.25, 0.3) is 0 Å². The van der Waals surface area contributed by atoms with Crippen molar-refractivity contribution in [3.63, 3.8) is 0 Å². The van der Waals surface area contributed by atoms with Gasteiger partial charge in [0.1, 0.15) is 17.3 Å². The van der Waals surface area contributed by atoms with Gasteiger partial charge in [0.2, 0.25) is 0 Å². The van der Waals surface area contributed by atoms with Crippen molar-refractivity contribution in [3.05, 3.63) is 0 Å². The zero-order valence-electron chi connectivity index (χ0n) is 27.8. The first-order chi connectivity index (χ1) is 19.2. The Morgan fingerprint density at radius 1 is 0.786 bits per heavy atom. The number of ether oxygens (including phenoxy) is 4. The predicted octanol–water partition coefficient (Wildman–Crippen LogP) is 6.09. The highest BCUT2D eigenvalue weighted by molar-refractivity contribution is 5.86. The fraction of sp³-hybridized carbons (Fsp3) is 0.912. The predicted molar refractivity (Wildman–Crippen MR) is 159 cm³/mol. The molecular formula is C34H56O8. The van der Waals surface area contributed by atoms with E-state index in [-0.39, 0.29) is 58.7 Å². The van der Waals surface area contributed by atoms with Crippen molar-refractivity contribution in [3.8, 4) is 0 Å². The minimum absolute atomic E-state index is 0.0638. The molecule has 8 heteroatoms. The molecule has 0 unspecified atom stereocenters. The molecule has 0 bridgehead atoms. The van der Waals surface area contributed by atoms with Crippen LogP contribution in [-0.2, 0) is 33.3 Å². The Morgan fingerprint density at radius 3 is 1.98 bits per heavy atom. The molecule has 2 aliphatic carbocycles. The van der Waals surface area contributed by atoms with E-state index in [9.17, 15) is 19.5 Å². The van der Waals surface area contributed by atoms with Crippen LogP contribution < -0.4 is 0 Å². The maximum atomic E-state index is 13.0. The van der Waals surface area contributed by atoms with E-state index in [4.69, 9.17) is 18.9 Å². The van der Waals surface area contributed by atoms with Crippen molar-refractivity contribution in [1.82, 2.24) is 0 Å². The van der Waals surface area contributed by atoms with Gasteiger partial charge in [0, 0.05) is 31.6 Å². The van der Waals surface area contributed by atoms with Crippen molar-refractivity contribution in [2.45, 2.75) is 174 Å². The van der Waals surface area contributed by atoms with Crippen molar-refractivity contribution < 1.29 is 38.4 Å². The summed E-state index contributed by atoms with van der Waals surface area (Å²) >= 11 is 0. The molecule has 4 rings (SSSR count). The third-order valence-electron chi connectivity index (χ3n) is 12.0. The summed E-state index contributed by atoms with van der Waals surface area (Å²) in [6.07, 6.45) is 6.08. The number of carbonyl (C=O) groups excluding carboxylic acids is 3. The summed E-state index contributed by atoms with van der Waals surface area (Å²) in [5.74, 6) is -0.662. The van der Waals surface area contributed by atoms with Gasteiger partial charge in [-0.1, -0.05) is 13.8 Å². The zero-order valence-corrected chi connectivity index (χ0v) is 27.8. The van der Waals surface area contributed by atoms with Crippen molar-refractivity contribution in [2.75, 3.05) is 0 Å². The molecular weight excluding hydrogens is 536 g/mol. The zero-order chi connectivity index (χ0) is 31.5. The lowest BCUT2D eigenvalue weighted by Gasteiger charge is -2.57. The molecule has 0 amide bonds. The molecule has 1 N–H and O–H groups in total. The van der Waals surface area contributed by atoms with E-state index in [0.717, 1.165) is 19.3 Å². The normalized spacial score (nSPS) is 45.0. The van der Waals surface area contributed by atoms with Crippen LogP contribution in [0.3, 0.4) is 0 Å². The monoisotopic (exact) mass is 592 g/mol. The summed E-state index contributed by atoms with van der Waals surface area (Å²) < 4.78 is 25.2. The number of Topliss-reactive ketones (excluding diaryl/α,β-unsaturated/α-hetero) is 1. The quantitative estimate of drug-likeness (QED) is 0.382. The summed E-state index contributed by atoms with van der Waals surface area (Å²) in [5.41, 5.74) is -3.84. The average molecular weight is 593 g/mol. The summed E-state index contributed by atoms with van der Waals surface area (Å²) in [6, 6.07) is 0. The van der Waals surface area contributed by atoms with Crippen LogP contribution in [0.5, 0.6) is 0 Å². The number of carbonyl (C=O) groups is 3. The van der Waals surface area contributed by atoms with Crippen LogP contribution in [0.1, 0.15) is 133 Å². The number of rotatable bonds is 5. The minimum Gasteiger partial charge on any atom is -0.460 e. The largest absolute Gasteiger partial charge is 0.460 e. The number of hydrogen-bond donors (Lipinski definition) is 1. The van der Waals surface area contributed by atoms with E-state index < -0.39 is 22.4 Å². The highest BCUT2D eigenvalue weighted by atomic mass is 16.6. The first kappa shape index (κ1) is 33.4. The fourth-order valence-electron chi connectivity index (χ4n) is 9.56. The molecule has 0 aromatic carbocycles. The smallest absolute Gasteiger partial charge is 0.303 e. The maximum Gasteiger partial charge on any atom is 0.303 e. The first-order valence-electron chi connectivity index (χ1n) is 16.1.